The zero-order valence-electron chi connectivity index (χ0n) is 20.4. The Morgan fingerprint density at radius 2 is 1.44 bits per heavy atom. The Kier molecular flexibility index (Phi) is 7.15. The lowest BCUT2D eigenvalue weighted by atomic mass is 10.1. The molecule has 3 N–H and O–H groups in total. The van der Waals surface area contributed by atoms with Gasteiger partial charge in [0.15, 0.2) is 0 Å². The summed E-state index contributed by atoms with van der Waals surface area (Å²) < 4.78 is 37.5. The predicted molar refractivity (Wildman–Crippen MR) is 149 cm³/mol. The highest BCUT2D eigenvalue weighted by Crippen LogP contribution is 2.27. The van der Waals surface area contributed by atoms with Crippen LogP contribution in [-0.4, -0.2) is 17.1 Å². The van der Waals surface area contributed by atoms with Crippen LogP contribution in [0, 0.1) is 11.8 Å². The Morgan fingerprint density at radius 1 is 0.718 bits per heavy atom. The van der Waals surface area contributed by atoms with E-state index in [1.165, 1.54) is 12.0 Å². The van der Waals surface area contributed by atoms with E-state index in [0.717, 1.165) is 11.4 Å². The van der Waals surface area contributed by atoms with Crippen LogP contribution in [0.2, 0.25) is 0 Å². The molecule has 192 valence electrons. The van der Waals surface area contributed by atoms with Crippen LogP contribution in [0.3, 0.4) is 0 Å². The molecule has 0 aliphatic carbocycles. The van der Waals surface area contributed by atoms with Crippen molar-refractivity contribution in [2.75, 3.05) is 16.0 Å². The standard InChI is InChI=1S/C31H21F3N4O/c32-31(33,34)17-15-21-9-14-28-27(19-21)29(16-18-35-28)37-24-12-10-22(11-13-24)30(39)38-26-8-4-7-25(20-26)36-23-5-2-1-3-6-23/h1-14,16,18-20,36H,(H,35,37)(H,38,39). The van der Waals surface area contributed by atoms with E-state index in [2.05, 4.69) is 26.9 Å². The minimum Gasteiger partial charge on any atom is -0.355 e. The lowest BCUT2D eigenvalue weighted by molar-refractivity contribution is -0.0696. The van der Waals surface area contributed by atoms with Crippen molar-refractivity contribution in [3.8, 4) is 11.8 Å². The summed E-state index contributed by atoms with van der Waals surface area (Å²) >= 11 is 0. The Hall–Kier alpha value is -5.29. The number of nitrogens with zero attached hydrogens (tertiary/aromatic N) is 1. The molecule has 0 saturated carbocycles. The molecule has 4 aromatic carbocycles. The molecule has 0 unspecified atom stereocenters. The molecule has 0 atom stereocenters. The van der Waals surface area contributed by atoms with Crippen LogP contribution in [0.1, 0.15) is 15.9 Å². The fourth-order valence-electron chi connectivity index (χ4n) is 3.90. The third-order valence-electron chi connectivity index (χ3n) is 5.70. The van der Waals surface area contributed by atoms with Crippen LogP contribution in [0.25, 0.3) is 10.9 Å². The van der Waals surface area contributed by atoms with E-state index in [9.17, 15) is 18.0 Å². The van der Waals surface area contributed by atoms with Crippen LogP contribution >= 0.6 is 0 Å². The Balaban J connectivity index is 1.29. The molecule has 5 nitrogen and oxygen atoms in total. The van der Waals surface area contributed by atoms with Gasteiger partial charge in [0.2, 0.25) is 0 Å². The summed E-state index contributed by atoms with van der Waals surface area (Å²) in [6.45, 7) is 0. The van der Waals surface area contributed by atoms with Crippen LogP contribution < -0.4 is 16.0 Å². The summed E-state index contributed by atoms with van der Waals surface area (Å²) in [7, 11) is 0. The van der Waals surface area contributed by atoms with E-state index >= 15 is 0 Å². The minimum atomic E-state index is -4.57. The van der Waals surface area contributed by atoms with Gasteiger partial charge in [0.25, 0.3) is 5.91 Å². The molecule has 5 rings (SSSR count). The maximum Gasteiger partial charge on any atom is 0.458 e. The second-order valence-corrected chi connectivity index (χ2v) is 8.57. The van der Waals surface area contributed by atoms with E-state index in [1.807, 2.05) is 54.6 Å². The monoisotopic (exact) mass is 522 g/mol. The number of rotatable bonds is 6. The van der Waals surface area contributed by atoms with Crippen LogP contribution in [0.5, 0.6) is 0 Å². The van der Waals surface area contributed by atoms with Crippen molar-refractivity contribution in [1.82, 2.24) is 4.98 Å². The number of carbonyl (C=O) groups excluding carboxylic acids is 1. The molecule has 39 heavy (non-hydrogen) atoms. The fourth-order valence-corrected chi connectivity index (χ4v) is 3.90. The first-order valence-corrected chi connectivity index (χ1v) is 11.9. The molecule has 0 spiro atoms. The number of anilines is 5. The number of para-hydroxylation sites is 1. The summed E-state index contributed by atoms with van der Waals surface area (Å²) in [6, 6.07) is 30.4. The number of fused-ring (bicyclic) bond motifs is 1. The van der Waals surface area contributed by atoms with E-state index in [1.54, 1.807) is 48.7 Å². The molecular weight excluding hydrogens is 501 g/mol. The molecule has 0 radical (unpaired) electrons. The maximum atomic E-state index is 12.8. The van der Waals surface area contributed by atoms with E-state index < -0.39 is 6.18 Å². The van der Waals surface area contributed by atoms with Gasteiger partial charge in [-0.15, -0.1) is 0 Å². The number of nitrogens with one attached hydrogen (secondary N) is 3. The number of benzene rings is 4. The van der Waals surface area contributed by atoms with Gasteiger partial charge < -0.3 is 16.0 Å². The third kappa shape index (κ3) is 6.73. The van der Waals surface area contributed by atoms with E-state index in [-0.39, 0.29) is 11.5 Å². The third-order valence-corrected chi connectivity index (χ3v) is 5.70. The van der Waals surface area contributed by atoms with Crippen molar-refractivity contribution in [3.63, 3.8) is 0 Å². The van der Waals surface area contributed by atoms with Gasteiger partial charge in [-0.3, -0.25) is 9.78 Å². The molecule has 0 saturated heterocycles. The second kappa shape index (κ2) is 11.0. The summed E-state index contributed by atoms with van der Waals surface area (Å²) in [6.07, 6.45) is -2.96. The van der Waals surface area contributed by atoms with Gasteiger partial charge >= 0.3 is 6.18 Å². The molecule has 0 aliphatic rings. The van der Waals surface area contributed by atoms with Crippen molar-refractivity contribution in [2.24, 2.45) is 0 Å². The van der Waals surface area contributed by atoms with Crippen LogP contribution in [0.4, 0.5) is 41.6 Å². The lowest BCUT2D eigenvalue weighted by Gasteiger charge is -2.11. The van der Waals surface area contributed by atoms with Crippen molar-refractivity contribution >= 4 is 45.2 Å². The first kappa shape index (κ1) is 25.4. The normalized spacial score (nSPS) is 10.8. The van der Waals surface area contributed by atoms with Gasteiger partial charge in [-0.1, -0.05) is 30.2 Å². The molecule has 8 heteroatoms. The highest BCUT2D eigenvalue weighted by molar-refractivity contribution is 6.04. The number of amides is 1. The Morgan fingerprint density at radius 3 is 2.21 bits per heavy atom. The Bertz CT molecular complexity index is 1690. The highest BCUT2D eigenvalue weighted by Gasteiger charge is 2.23. The summed E-state index contributed by atoms with van der Waals surface area (Å²) in [5.41, 5.74) is 5.08. The van der Waals surface area contributed by atoms with Gasteiger partial charge in [-0.25, -0.2) is 0 Å². The number of alkyl halides is 3. The van der Waals surface area contributed by atoms with E-state index in [4.69, 9.17) is 0 Å². The predicted octanol–water partition coefficient (Wildman–Crippen LogP) is 7.89. The number of carbonyl (C=O) groups is 1. The second-order valence-electron chi connectivity index (χ2n) is 8.57. The topological polar surface area (TPSA) is 66.1 Å². The van der Waals surface area contributed by atoms with Crippen molar-refractivity contribution in [2.45, 2.75) is 6.18 Å². The molecule has 0 aliphatic heterocycles. The first-order chi connectivity index (χ1) is 18.8. The van der Waals surface area contributed by atoms with Crippen molar-refractivity contribution < 1.29 is 18.0 Å². The number of hydrogen-bond acceptors (Lipinski definition) is 4. The largest absolute Gasteiger partial charge is 0.458 e. The van der Waals surface area contributed by atoms with Gasteiger partial charge in [0, 0.05) is 57.1 Å². The lowest BCUT2D eigenvalue weighted by Crippen LogP contribution is -2.11. The van der Waals surface area contributed by atoms with Crippen LogP contribution in [-0.2, 0) is 0 Å². The smallest absolute Gasteiger partial charge is 0.355 e. The number of hydrogen-bond donors (Lipinski definition) is 3. The highest BCUT2D eigenvalue weighted by atomic mass is 19.4. The van der Waals surface area contributed by atoms with Gasteiger partial charge in [0.1, 0.15) is 0 Å². The quantitative estimate of drug-likeness (QED) is 0.199. The molecule has 5 aromatic rings. The molecule has 0 fully saturated rings. The number of aromatic nitrogens is 1. The minimum absolute atomic E-state index is 0.228. The zero-order valence-corrected chi connectivity index (χ0v) is 20.4. The van der Waals surface area contributed by atoms with Gasteiger partial charge in [-0.05, 0) is 78.9 Å². The number of halogens is 3. The fraction of sp³-hybridized carbons (Fsp3) is 0.0323. The molecule has 1 amide bonds. The van der Waals surface area contributed by atoms with Gasteiger partial charge in [-0.2, -0.15) is 13.2 Å². The van der Waals surface area contributed by atoms with Gasteiger partial charge in [0.05, 0.1) is 5.52 Å². The van der Waals surface area contributed by atoms with Crippen molar-refractivity contribution in [3.05, 3.63) is 120 Å². The maximum absolute atomic E-state index is 12.8. The summed E-state index contributed by atoms with van der Waals surface area (Å²) in [4.78, 5) is 17.1. The molecule has 1 aromatic heterocycles. The van der Waals surface area contributed by atoms with Crippen molar-refractivity contribution in [1.29, 1.82) is 0 Å². The average molecular weight is 523 g/mol. The first-order valence-electron chi connectivity index (χ1n) is 11.9. The zero-order chi connectivity index (χ0) is 27.2. The van der Waals surface area contributed by atoms with Crippen LogP contribution in [0.15, 0.2) is 109 Å². The molecule has 1 heterocycles. The summed E-state index contributed by atoms with van der Waals surface area (Å²) in [5, 5.41) is 10.1. The number of pyridine rings is 1. The molecular formula is C31H21F3N4O. The SMILES string of the molecule is O=C(Nc1cccc(Nc2ccccc2)c1)c1ccc(Nc2ccnc3ccc(C#CC(F)(F)F)cc23)cc1. The Labute approximate surface area is 222 Å². The van der Waals surface area contributed by atoms with E-state index in [0.29, 0.717) is 33.5 Å². The summed E-state index contributed by atoms with van der Waals surface area (Å²) in [5.74, 6) is 3.17. The average Bonchev–Trinajstić information content (AvgIpc) is 2.93. The molecule has 0 bridgehead atoms.